The fourth-order valence-corrected chi connectivity index (χ4v) is 2.39. The van der Waals surface area contributed by atoms with E-state index >= 15 is 0 Å². The van der Waals surface area contributed by atoms with Crippen LogP contribution in [0, 0.1) is 11.6 Å². The Hall–Kier alpha value is -1.92. The van der Waals surface area contributed by atoms with Crippen molar-refractivity contribution < 1.29 is 22.8 Å². The Morgan fingerprint density at radius 3 is 2.00 bits per heavy atom. The van der Waals surface area contributed by atoms with Gasteiger partial charge in [-0.15, -0.1) is 0 Å². The molecule has 1 saturated heterocycles. The molecule has 1 aliphatic rings. The van der Waals surface area contributed by atoms with Crippen molar-refractivity contribution in [2.24, 2.45) is 0 Å². The quantitative estimate of drug-likeness (QED) is 0.794. The molecule has 2 aromatic carbocycles. The second-order valence-corrected chi connectivity index (χ2v) is 6.78. The molecule has 6 heteroatoms. The standard InChI is InChI=1S/C18H19BF2O3/c1-17(2)18(3,4)24-19(23-17)13-10-11-14(16(21)15(13)20)22-12-8-6-5-7-9-12/h5-11H,1-4H3. The van der Waals surface area contributed by atoms with Gasteiger partial charge < -0.3 is 14.0 Å². The minimum Gasteiger partial charge on any atom is -0.454 e. The Morgan fingerprint density at radius 2 is 1.42 bits per heavy atom. The van der Waals surface area contributed by atoms with Crippen molar-refractivity contribution >= 4 is 12.6 Å². The molecule has 3 rings (SSSR count). The van der Waals surface area contributed by atoms with E-state index in [0.29, 0.717) is 5.75 Å². The fourth-order valence-electron chi connectivity index (χ4n) is 2.39. The molecule has 0 radical (unpaired) electrons. The molecule has 0 spiro atoms. The van der Waals surface area contributed by atoms with E-state index in [1.54, 1.807) is 24.3 Å². The molecule has 126 valence electrons. The van der Waals surface area contributed by atoms with E-state index in [-0.39, 0.29) is 11.2 Å². The zero-order valence-electron chi connectivity index (χ0n) is 14.1. The number of para-hydroxylation sites is 1. The molecule has 0 atom stereocenters. The summed E-state index contributed by atoms with van der Waals surface area (Å²) in [4.78, 5) is 0. The molecule has 3 nitrogen and oxygen atoms in total. The third kappa shape index (κ3) is 2.92. The number of halogens is 2. The Kier molecular flexibility index (Phi) is 4.14. The van der Waals surface area contributed by atoms with Crippen LogP contribution in [0.2, 0.25) is 0 Å². The third-order valence-corrected chi connectivity index (χ3v) is 4.55. The van der Waals surface area contributed by atoms with Crippen LogP contribution in [0.5, 0.6) is 11.5 Å². The summed E-state index contributed by atoms with van der Waals surface area (Å²) in [6.07, 6.45) is 0. The molecule has 2 aromatic rings. The Morgan fingerprint density at radius 1 is 0.833 bits per heavy atom. The van der Waals surface area contributed by atoms with Crippen molar-refractivity contribution in [3.05, 3.63) is 54.1 Å². The number of rotatable bonds is 3. The van der Waals surface area contributed by atoms with Crippen molar-refractivity contribution in [1.82, 2.24) is 0 Å². The number of ether oxygens (including phenoxy) is 1. The minimum absolute atomic E-state index is 0.0200. The van der Waals surface area contributed by atoms with Crippen LogP contribution in [0.25, 0.3) is 0 Å². The maximum Gasteiger partial charge on any atom is 0.497 e. The van der Waals surface area contributed by atoms with Gasteiger partial charge in [0.1, 0.15) is 5.75 Å². The van der Waals surface area contributed by atoms with Gasteiger partial charge in [0.2, 0.25) is 5.82 Å². The lowest BCUT2D eigenvalue weighted by atomic mass is 9.78. The SMILES string of the molecule is CC1(C)OB(c2ccc(Oc3ccccc3)c(F)c2F)OC1(C)C. The van der Waals surface area contributed by atoms with Gasteiger partial charge in [0, 0.05) is 5.46 Å². The summed E-state index contributed by atoms with van der Waals surface area (Å²) in [5.41, 5.74) is -1.23. The molecule has 0 bridgehead atoms. The largest absolute Gasteiger partial charge is 0.497 e. The summed E-state index contributed by atoms with van der Waals surface area (Å²) in [5, 5.41) is 0. The number of benzene rings is 2. The maximum absolute atomic E-state index is 14.5. The first kappa shape index (κ1) is 16.9. The van der Waals surface area contributed by atoms with E-state index in [0.717, 1.165) is 0 Å². The van der Waals surface area contributed by atoms with Crippen LogP contribution < -0.4 is 10.2 Å². The molecule has 0 N–H and O–H groups in total. The minimum atomic E-state index is -1.06. The summed E-state index contributed by atoms with van der Waals surface area (Å²) in [6, 6.07) is 11.5. The second-order valence-electron chi connectivity index (χ2n) is 6.78. The van der Waals surface area contributed by atoms with Crippen molar-refractivity contribution in [2.75, 3.05) is 0 Å². The summed E-state index contributed by atoms with van der Waals surface area (Å²) < 4.78 is 45.8. The summed E-state index contributed by atoms with van der Waals surface area (Å²) in [7, 11) is -0.963. The molecule has 0 unspecified atom stereocenters. The lowest BCUT2D eigenvalue weighted by Crippen LogP contribution is -2.41. The van der Waals surface area contributed by atoms with Crippen LogP contribution in [-0.4, -0.2) is 18.3 Å². The molecular weight excluding hydrogens is 313 g/mol. The summed E-state index contributed by atoms with van der Waals surface area (Å²) >= 11 is 0. The van der Waals surface area contributed by atoms with E-state index in [4.69, 9.17) is 14.0 Å². The van der Waals surface area contributed by atoms with Crippen LogP contribution >= 0.6 is 0 Å². The zero-order chi connectivity index (χ0) is 17.5. The van der Waals surface area contributed by atoms with E-state index in [9.17, 15) is 8.78 Å². The van der Waals surface area contributed by atoms with Gasteiger partial charge in [0.25, 0.3) is 0 Å². The molecule has 1 aliphatic heterocycles. The zero-order valence-corrected chi connectivity index (χ0v) is 14.1. The van der Waals surface area contributed by atoms with Gasteiger partial charge >= 0.3 is 7.12 Å². The second kappa shape index (κ2) is 5.86. The summed E-state index contributed by atoms with van der Waals surface area (Å²) in [5.74, 6) is -1.84. The van der Waals surface area contributed by atoms with Crippen LogP contribution in [0.3, 0.4) is 0 Å². The Bertz CT molecular complexity index is 731. The first-order chi connectivity index (χ1) is 11.2. The molecule has 1 heterocycles. The topological polar surface area (TPSA) is 27.7 Å². The van der Waals surface area contributed by atoms with E-state index in [2.05, 4.69) is 0 Å². The van der Waals surface area contributed by atoms with E-state index < -0.39 is 30.0 Å². The van der Waals surface area contributed by atoms with Gasteiger partial charge in [-0.25, -0.2) is 4.39 Å². The molecule has 0 aliphatic carbocycles. The highest BCUT2D eigenvalue weighted by Crippen LogP contribution is 2.37. The van der Waals surface area contributed by atoms with E-state index in [1.165, 1.54) is 12.1 Å². The Balaban J connectivity index is 1.89. The van der Waals surface area contributed by atoms with Crippen molar-refractivity contribution in [1.29, 1.82) is 0 Å². The van der Waals surface area contributed by atoms with Crippen LogP contribution in [0.1, 0.15) is 27.7 Å². The molecular formula is C18H19BF2O3. The van der Waals surface area contributed by atoms with Crippen molar-refractivity contribution in [3.63, 3.8) is 0 Å². The van der Waals surface area contributed by atoms with E-state index in [1.807, 2.05) is 33.8 Å². The predicted octanol–water partition coefficient (Wildman–Crippen LogP) is 4.06. The summed E-state index contributed by atoms with van der Waals surface area (Å²) in [6.45, 7) is 7.42. The lowest BCUT2D eigenvalue weighted by Gasteiger charge is -2.32. The molecule has 0 amide bonds. The highest BCUT2D eigenvalue weighted by molar-refractivity contribution is 6.62. The van der Waals surface area contributed by atoms with Gasteiger partial charge in [-0.05, 0) is 45.9 Å². The smallest absolute Gasteiger partial charge is 0.454 e. The average molecular weight is 332 g/mol. The third-order valence-electron chi connectivity index (χ3n) is 4.55. The normalized spacial score (nSPS) is 18.7. The first-order valence-electron chi connectivity index (χ1n) is 7.78. The van der Waals surface area contributed by atoms with Crippen molar-refractivity contribution in [2.45, 2.75) is 38.9 Å². The molecule has 24 heavy (non-hydrogen) atoms. The number of hydrogen-bond acceptors (Lipinski definition) is 3. The van der Waals surface area contributed by atoms with Gasteiger partial charge in [-0.2, -0.15) is 4.39 Å². The predicted molar refractivity (Wildman–Crippen MR) is 88.6 cm³/mol. The fraction of sp³-hybridized carbons (Fsp3) is 0.333. The Labute approximate surface area is 140 Å². The molecule has 0 saturated carbocycles. The van der Waals surface area contributed by atoms with Gasteiger partial charge in [-0.1, -0.05) is 24.3 Å². The lowest BCUT2D eigenvalue weighted by molar-refractivity contribution is 0.00578. The van der Waals surface area contributed by atoms with Crippen molar-refractivity contribution in [3.8, 4) is 11.5 Å². The highest BCUT2D eigenvalue weighted by Gasteiger charge is 2.52. The number of hydrogen-bond donors (Lipinski definition) is 0. The first-order valence-corrected chi connectivity index (χ1v) is 7.78. The highest BCUT2D eigenvalue weighted by atomic mass is 19.2. The van der Waals surface area contributed by atoms with Gasteiger partial charge in [0.05, 0.1) is 11.2 Å². The van der Waals surface area contributed by atoms with Gasteiger partial charge in [0.15, 0.2) is 11.6 Å². The average Bonchev–Trinajstić information content (AvgIpc) is 2.73. The maximum atomic E-state index is 14.5. The van der Waals surface area contributed by atoms with Crippen LogP contribution in [0.15, 0.2) is 42.5 Å². The van der Waals surface area contributed by atoms with Gasteiger partial charge in [-0.3, -0.25) is 0 Å². The van der Waals surface area contributed by atoms with Crippen LogP contribution in [0.4, 0.5) is 8.78 Å². The monoisotopic (exact) mass is 332 g/mol. The molecule has 1 fully saturated rings. The molecule has 0 aromatic heterocycles. The van der Waals surface area contributed by atoms with Crippen LogP contribution in [-0.2, 0) is 9.31 Å².